The third-order valence-corrected chi connectivity index (χ3v) is 5.52. The highest BCUT2D eigenvalue weighted by atomic mass is 32.2. The number of hydrogen-bond donors (Lipinski definition) is 1. The molecule has 1 N–H and O–H groups in total. The van der Waals surface area contributed by atoms with Crippen LogP contribution in [0.2, 0.25) is 0 Å². The van der Waals surface area contributed by atoms with Gasteiger partial charge in [-0.15, -0.1) is 0 Å². The van der Waals surface area contributed by atoms with Gasteiger partial charge in [-0.1, -0.05) is 18.2 Å². The van der Waals surface area contributed by atoms with Gasteiger partial charge in [0.05, 0.1) is 11.5 Å². The van der Waals surface area contributed by atoms with E-state index in [-0.39, 0.29) is 17.4 Å². The van der Waals surface area contributed by atoms with Crippen LogP contribution < -0.4 is 5.32 Å². The zero-order valence-corrected chi connectivity index (χ0v) is 15.5. The van der Waals surface area contributed by atoms with E-state index in [1.54, 1.807) is 44.2 Å². The van der Waals surface area contributed by atoms with Gasteiger partial charge in [-0.05, 0) is 49.7 Å². The maximum absolute atomic E-state index is 12.6. The summed E-state index contributed by atoms with van der Waals surface area (Å²) in [5.74, 6) is -0.302. The number of sulfonamides is 1. The molecule has 2 aromatic carbocycles. The van der Waals surface area contributed by atoms with Crippen LogP contribution in [0.25, 0.3) is 0 Å². The maximum Gasteiger partial charge on any atom is 0.423 e. The lowest BCUT2D eigenvalue weighted by molar-refractivity contribution is 0.102. The Morgan fingerprint density at radius 3 is 2.35 bits per heavy atom. The van der Waals surface area contributed by atoms with Gasteiger partial charge in [0.25, 0.3) is 15.9 Å². The molecule has 138 valence electrons. The molecule has 0 bridgehead atoms. The van der Waals surface area contributed by atoms with Crippen molar-refractivity contribution < 1.29 is 22.7 Å². The van der Waals surface area contributed by atoms with Crippen LogP contribution in [-0.2, 0) is 14.8 Å². The van der Waals surface area contributed by atoms with Crippen LogP contribution >= 0.6 is 0 Å². The molecule has 0 heterocycles. The van der Waals surface area contributed by atoms with Crippen molar-refractivity contribution in [3.05, 3.63) is 59.7 Å². The normalized spacial score (nSPS) is 10.9. The van der Waals surface area contributed by atoms with Gasteiger partial charge >= 0.3 is 6.09 Å². The highest BCUT2D eigenvalue weighted by molar-refractivity contribution is 7.89. The van der Waals surface area contributed by atoms with E-state index in [1.807, 2.05) is 0 Å². The number of hydrogen-bond acceptors (Lipinski definition) is 5. The predicted molar refractivity (Wildman–Crippen MR) is 97.5 cm³/mol. The number of carbonyl (C=O) groups is 2. The molecule has 0 spiro atoms. The zero-order valence-electron chi connectivity index (χ0n) is 14.7. The van der Waals surface area contributed by atoms with Crippen molar-refractivity contribution >= 4 is 27.7 Å². The van der Waals surface area contributed by atoms with Crippen LogP contribution in [0.15, 0.2) is 53.4 Å². The first kappa shape index (κ1) is 19.5. The minimum absolute atomic E-state index is 0.0363. The van der Waals surface area contributed by atoms with E-state index in [4.69, 9.17) is 4.74 Å². The van der Waals surface area contributed by atoms with Gasteiger partial charge in [0.1, 0.15) is 0 Å². The van der Waals surface area contributed by atoms with E-state index in [9.17, 15) is 18.0 Å². The van der Waals surface area contributed by atoms with E-state index < -0.39 is 16.1 Å². The first-order valence-corrected chi connectivity index (χ1v) is 9.34. The molecule has 0 saturated carbocycles. The Labute approximate surface area is 152 Å². The molecule has 0 aromatic heterocycles. The number of carbonyl (C=O) groups excluding carboxylic acids is 2. The Hall–Kier alpha value is -2.87. The highest BCUT2D eigenvalue weighted by Gasteiger charge is 2.28. The zero-order chi connectivity index (χ0) is 19.3. The summed E-state index contributed by atoms with van der Waals surface area (Å²) < 4.78 is 30.4. The number of ether oxygens (including phenoxy) is 1. The molecule has 0 fully saturated rings. The number of anilines is 1. The minimum atomic E-state index is -4.04. The van der Waals surface area contributed by atoms with Gasteiger partial charge in [-0.25, -0.2) is 17.5 Å². The molecule has 0 saturated heterocycles. The Kier molecular flexibility index (Phi) is 5.99. The van der Waals surface area contributed by atoms with Gasteiger partial charge < -0.3 is 10.1 Å². The van der Waals surface area contributed by atoms with Crippen molar-refractivity contribution in [2.24, 2.45) is 0 Å². The molecule has 26 heavy (non-hydrogen) atoms. The predicted octanol–water partition coefficient (Wildman–Crippen LogP) is 3.02. The first-order valence-electron chi connectivity index (χ1n) is 7.90. The summed E-state index contributed by atoms with van der Waals surface area (Å²) in [5.41, 5.74) is 1.34. The fourth-order valence-corrected chi connectivity index (χ4v) is 3.52. The summed E-state index contributed by atoms with van der Waals surface area (Å²) in [6.07, 6.45) is -0.951. The number of aryl methyl sites for hydroxylation is 1. The highest BCUT2D eigenvalue weighted by Crippen LogP contribution is 2.23. The van der Waals surface area contributed by atoms with Gasteiger partial charge in [0.15, 0.2) is 0 Å². The second-order valence-electron chi connectivity index (χ2n) is 5.47. The third kappa shape index (κ3) is 4.20. The number of rotatable bonds is 5. The fourth-order valence-electron chi connectivity index (χ4n) is 2.27. The van der Waals surface area contributed by atoms with Crippen LogP contribution in [0.5, 0.6) is 0 Å². The van der Waals surface area contributed by atoms with Crippen LogP contribution in [0.3, 0.4) is 0 Å². The van der Waals surface area contributed by atoms with E-state index in [0.29, 0.717) is 21.1 Å². The van der Waals surface area contributed by atoms with E-state index in [2.05, 4.69) is 5.32 Å². The van der Waals surface area contributed by atoms with Crippen molar-refractivity contribution in [1.29, 1.82) is 0 Å². The largest absolute Gasteiger partial charge is 0.449 e. The van der Waals surface area contributed by atoms with Crippen molar-refractivity contribution in [3.63, 3.8) is 0 Å². The summed E-state index contributed by atoms with van der Waals surface area (Å²) in [6.45, 7) is 3.25. The number of benzene rings is 2. The summed E-state index contributed by atoms with van der Waals surface area (Å²) in [4.78, 5) is 23.9. The minimum Gasteiger partial charge on any atom is -0.449 e. The average molecular weight is 376 g/mol. The Balaban J connectivity index is 2.24. The lowest BCUT2D eigenvalue weighted by Crippen LogP contribution is -2.34. The van der Waals surface area contributed by atoms with Gasteiger partial charge in [-0.3, -0.25) is 4.79 Å². The summed E-state index contributed by atoms with van der Waals surface area (Å²) >= 11 is 0. The third-order valence-electron chi connectivity index (χ3n) is 3.63. The lowest BCUT2D eigenvalue weighted by atomic mass is 10.2. The smallest absolute Gasteiger partial charge is 0.423 e. The molecule has 7 nitrogen and oxygen atoms in total. The summed E-state index contributed by atoms with van der Waals surface area (Å²) in [7, 11) is -2.91. The molecule has 0 radical (unpaired) electrons. The van der Waals surface area contributed by atoms with Crippen LogP contribution in [0, 0.1) is 6.92 Å². The topological polar surface area (TPSA) is 92.8 Å². The molecule has 2 amide bonds. The van der Waals surface area contributed by atoms with Crippen molar-refractivity contribution in [2.75, 3.05) is 19.0 Å². The van der Waals surface area contributed by atoms with E-state index in [1.165, 1.54) is 18.2 Å². The van der Waals surface area contributed by atoms with Crippen LogP contribution in [0.4, 0.5) is 10.5 Å². The second-order valence-corrected chi connectivity index (χ2v) is 7.41. The Morgan fingerprint density at radius 2 is 1.77 bits per heavy atom. The molecule has 0 unspecified atom stereocenters. The molecule has 0 atom stereocenters. The first-order chi connectivity index (χ1) is 12.3. The van der Waals surface area contributed by atoms with Gasteiger partial charge in [0, 0.05) is 18.3 Å². The SMILES string of the molecule is CCOC(=O)N(C)S(=O)(=O)c1ccc(NC(=O)c2ccccc2)cc1C. The lowest BCUT2D eigenvalue weighted by Gasteiger charge is -2.18. The molecule has 0 aliphatic carbocycles. The van der Waals surface area contributed by atoms with Gasteiger partial charge in [0.2, 0.25) is 0 Å². The van der Waals surface area contributed by atoms with E-state index in [0.717, 1.165) is 7.05 Å². The Morgan fingerprint density at radius 1 is 1.12 bits per heavy atom. The maximum atomic E-state index is 12.6. The molecule has 2 rings (SSSR count). The van der Waals surface area contributed by atoms with Crippen molar-refractivity contribution in [3.8, 4) is 0 Å². The van der Waals surface area contributed by atoms with Gasteiger partial charge in [-0.2, -0.15) is 0 Å². The number of nitrogens with zero attached hydrogens (tertiary/aromatic N) is 1. The molecular weight excluding hydrogens is 356 g/mol. The van der Waals surface area contributed by atoms with Crippen LogP contribution in [-0.4, -0.2) is 38.4 Å². The summed E-state index contributed by atoms with van der Waals surface area (Å²) in [6, 6.07) is 13.0. The second kappa shape index (κ2) is 8.01. The van der Waals surface area contributed by atoms with Crippen molar-refractivity contribution in [1.82, 2.24) is 4.31 Å². The monoisotopic (exact) mass is 376 g/mol. The molecule has 0 aliphatic rings. The van der Waals surface area contributed by atoms with E-state index >= 15 is 0 Å². The quantitative estimate of drug-likeness (QED) is 0.866. The Bertz CT molecular complexity index is 910. The molecule has 0 aliphatic heterocycles. The van der Waals surface area contributed by atoms with Crippen molar-refractivity contribution in [2.45, 2.75) is 18.7 Å². The number of nitrogens with one attached hydrogen (secondary N) is 1. The van der Waals surface area contributed by atoms with Crippen LogP contribution in [0.1, 0.15) is 22.8 Å². The fraction of sp³-hybridized carbons (Fsp3) is 0.222. The standard InChI is InChI=1S/C18H20N2O5S/c1-4-25-18(22)20(3)26(23,24)16-11-10-15(12-13(16)2)19-17(21)14-8-6-5-7-9-14/h5-12H,4H2,1-3H3,(H,19,21). The number of amides is 2. The summed E-state index contributed by atoms with van der Waals surface area (Å²) in [5, 5.41) is 2.71. The average Bonchev–Trinajstić information content (AvgIpc) is 2.61. The molecule has 2 aromatic rings. The molecular formula is C18H20N2O5S. The molecule has 8 heteroatoms.